The molecule has 0 aromatic carbocycles. The van der Waals surface area contributed by atoms with Crippen LogP contribution in [-0.2, 0) is 0 Å². The molecule has 0 heterocycles. The quantitative estimate of drug-likeness (QED) is 0.497. The number of unbranched alkanes of at least 4 members (excludes halogenated alkanes) is 1. The van der Waals surface area contributed by atoms with Gasteiger partial charge >= 0.3 is 0 Å². The van der Waals surface area contributed by atoms with Gasteiger partial charge in [-0.1, -0.05) is 24.6 Å². The van der Waals surface area contributed by atoms with Crippen LogP contribution in [0.4, 0.5) is 0 Å². The molecule has 1 fully saturated rings. The lowest BCUT2D eigenvalue weighted by Gasteiger charge is -2.14. The summed E-state index contributed by atoms with van der Waals surface area (Å²) >= 11 is 0. The average Bonchev–Trinajstić information content (AvgIpc) is 2.15. The van der Waals surface area contributed by atoms with E-state index in [2.05, 4.69) is 18.2 Å². The molecular weight excluding hydrogens is 150 g/mol. The predicted octanol–water partition coefficient (Wildman–Crippen LogP) is 3.12. The first-order valence-corrected chi connectivity index (χ1v) is 4.78. The van der Waals surface area contributed by atoms with Gasteiger partial charge in [-0.2, -0.15) is 0 Å². The predicted molar refractivity (Wildman–Crippen MR) is 50.7 cm³/mol. The van der Waals surface area contributed by atoms with Crippen molar-refractivity contribution in [3.63, 3.8) is 0 Å². The first kappa shape index (κ1) is 9.30. The Morgan fingerprint density at radius 1 is 1.42 bits per heavy atom. The van der Waals surface area contributed by atoms with E-state index in [4.69, 9.17) is 5.21 Å². The highest BCUT2D eigenvalue weighted by molar-refractivity contribution is 6.00. The molecule has 68 valence electrons. The Morgan fingerprint density at radius 2 is 2.17 bits per heavy atom. The number of nitrogens with zero attached hydrogens (tertiary/aromatic N) is 1. The van der Waals surface area contributed by atoms with Crippen LogP contribution >= 0.6 is 0 Å². The van der Waals surface area contributed by atoms with Gasteiger partial charge < -0.3 is 5.21 Å². The van der Waals surface area contributed by atoms with Crippen molar-refractivity contribution in [2.24, 2.45) is 5.16 Å². The second kappa shape index (κ2) is 4.96. The fraction of sp³-hybridized carbons (Fsp3) is 0.700. The van der Waals surface area contributed by atoms with E-state index in [0.717, 1.165) is 25.0 Å². The van der Waals surface area contributed by atoms with Gasteiger partial charge in [-0.25, -0.2) is 0 Å². The summed E-state index contributed by atoms with van der Waals surface area (Å²) in [6.45, 7) is 2.16. The van der Waals surface area contributed by atoms with Crippen LogP contribution in [0.1, 0.15) is 45.4 Å². The fourth-order valence-corrected chi connectivity index (χ4v) is 1.57. The van der Waals surface area contributed by atoms with Crippen LogP contribution in [0.3, 0.4) is 0 Å². The molecule has 12 heavy (non-hydrogen) atoms. The number of oxime groups is 1. The summed E-state index contributed by atoms with van der Waals surface area (Å²) in [4.78, 5) is 0. The third kappa shape index (κ3) is 2.36. The molecule has 0 aromatic rings. The summed E-state index contributed by atoms with van der Waals surface area (Å²) in [5.41, 5.74) is 2.18. The third-order valence-electron chi connectivity index (χ3n) is 2.28. The Labute approximate surface area is 74.0 Å². The van der Waals surface area contributed by atoms with Crippen LogP contribution in [0, 0.1) is 0 Å². The Bertz CT molecular complexity index is 194. The van der Waals surface area contributed by atoms with E-state index < -0.39 is 0 Å². The zero-order valence-corrected chi connectivity index (χ0v) is 7.71. The van der Waals surface area contributed by atoms with Gasteiger partial charge in [0.05, 0.1) is 5.71 Å². The highest BCUT2D eigenvalue weighted by Gasteiger charge is 2.12. The summed E-state index contributed by atoms with van der Waals surface area (Å²) in [6, 6.07) is 0. The van der Waals surface area contributed by atoms with E-state index in [0.29, 0.717) is 0 Å². The van der Waals surface area contributed by atoms with Gasteiger partial charge in [0.25, 0.3) is 0 Å². The van der Waals surface area contributed by atoms with Crippen LogP contribution in [-0.4, -0.2) is 10.9 Å². The molecule has 1 aliphatic carbocycles. The number of hydrogen-bond donors (Lipinski definition) is 1. The normalized spacial score (nSPS) is 25.1. The van der Waals surface area contributed by atoms with Gasteiger partial charge in [0.2, 0.25) is 0 Å². The van der Waals surface area contributed by atoms with Crippen molar-refractivity contribution in [3.05, 3.63) is 11.6 Å². The van der Waals surface area contributed by atoms with Crippen molar-refractivity contribution in [1.82, 2.24) is 0 Å². The number of allylic oxidation sites excluding steroid dienone is 2. The third-order valence-corrected chi connectivity index (χ3v) is 2.28. The maximum Gasteiger partial charge on any atom is 0.0824 e. The second-order valence-electron chi connectivity index (χ2n) is 3.27. The molecule has 0 aliphatic heterocycles. The van der Waals surface area contributed by atoms with Crippen LogP contribution in [0.25, 0.3) is 0 Å². The van der Waals surface area contributed by atoms with Crippen molar-refractivity contribution in [1.29, 1.82) is 0 Å². The standard InChI is InChI=1S/C10H17NO/c1-2-3-6-9-7-4-5-8-10(9)11-12/h6,12H,2-5,7-8H2,1H3. The Kier molecular flexibility index (Phi) is 3.85. The summed E-state index contributed by atoms with van der Waals surface area (Å²) in [6.07, 6.45) is 8.95. The maximum atomic E-state index is 8.71. The van der Waals surface area contributed by atoms with Crippen LogP contribution in [0.5, 0.6) is 0 Å². The molecule has 0 bridgehead atoms. The SMILES string of the molecule is CCCC=C1CCCCC1=NO. The highest BCUT2D eigenvalue weighted by Crippen LogP contribution is 2.21. The molecule has 0 aromatic heterocycles. The molecule has 1 saturated carbocycles. The van der Waals surface area contributed by atoms with E-state index >= 15 is 0 Å². The summed E-state index contributed by atoms with van der Waals surface area (Å²) in [7, 11) is 0. The molecule has 0 spiro atoms. The lowest BCUT2D eigenvalue weighted by Crippen LogP contribution is -2.08. The molecule has 0 saturated heterocycles. The lowest BCUT2D eigenvalue weighted by molar-refractivity contribution is 0.316. The molecule has 0 amide bonds. The number of rotatable bonds is 2. The molecule has 1 aliphatic rings. The van der Waals surface area contributed by atoms with Crippen molar-refractivity contribution in [2.45, 2.75) is 45.4 Å². The van der Waals surface area contributed by atoms with E-state index in [9.17, 15) is 0 Å². The largest absolute Gasteiger partial charge is 0.411 e. The summed E-state index contributed by atoms with van der Waals surface area (Å²) in [5, 5.41) is 12.0. The minimum atomic E-state index is 0.912. The average molecular weight is 167 g/mol. The Balaban J connectivity index is 2.59. The molecule has 2 heteroatoms. The van der Waals surface area contributed by atoms with Gasteiger partial charge in [-0.15, -0.1) is 0 Å². The molecule has 2 nitrogen and oxygen atoms in total. The molecule has 1 N–H and O–H groups in total. The van der Waals surface area contributed by atoms with Crippen molar-refractivity contribution >= 4 is 5.71 Å². The van der Waals surface area contributed by atoms with Gasteiger partial charge in [0.1, 0.15) is 0 Å². The van der Waals surface area contributed by atoms with Crippen LogP contribution in [0.15, 0.2) is 16.8 Å². The van der Waals surface area contributed by atoms with Crippen LogP contribution in [0.2, 0.25) is 0 Å². The van der Waals surface area contributed by atoms with Gasteiger partial charge in [-0.05, 0) is 37.7 Å². The zero-order valence-electron chi connectivity index (χ0n) is 7.71. The van der Waals surface area contributed by atoms with Crippen LogP contribution < -0.4 is 0 Å². The monoisotopic (exact) mass is 167 g/mol. The topological polar surface area (TPSA) is 32.6 Å². The van der Waals surface area contributed by atoms with Crippen molar-refractivity contribution in [2.75, 3.05) is 0 Å². The van der Waals surface area contributed by atoms with E-state index in [1.165, 1.54) is 24.8 Å². The summed E-state index contributed by atoms with van der Waals surface area (Å²) in [5.74, 6) is 0. The molecule has 0 radical (unpaired) electrons. The molecular formula is C10H17NO. The van der Waals surface area contributed by atoms with E-state index in [1.807, 2.05) is 0 Å². The first-order chi connectivity index (χ1) is 5.88. The zero-order chi connectivity index (χ0) is 8.81. The maximum absolute atomic E-state index is 8.71. The Hall–Kier alpha value is -0.790. The Morgan fingerprint density at radius 3 is 2.83 bits per heavy atom. The first-order valence-electron chi connectivity index (χ1n) is 4.78. The molecule has 1 rings (SSSR count). The van der Waals surface area contributed by atoms with E-state index in [1.54, 1.807) is 0 Å². The molecule has 0 unspecified atom stereocenters. The lowest BCUT2D eigenvalue weighted by atomic mass is 9.92. The van der Waals surface area contributed by atoms with Crippen molar-refractivity contribution in [3.8, 4) is 0 Å². The summed E-state index contributed by atoms with van der Waals surface area (Å²) < 4.78 is 0. The minimum absolute atomic E-state index is 0.912. The molecule has 0 atom stereocenters. The van der Waals surface area contributed by atoms with Gasteiger partial charge in [0.15, 0.2) is 0 Å². The minimum Gasteiger partial charge on any atom is -0.411 e. The fourth-order valence-electron chi connectivity index (χ4n) is 1.57. The highest BCUT2D eigenvalue weighted by atomic mass is 16.4. The van der Waals surface area contributed by atoms with Crippen molar-refractivity contribution < 1.29 is 5.21 Å². The van der Waals surface area contributed by atoms with Gasteiger partial charge in [0, 0.05) is 0 Å². The second-order valence-corrected chi connectivity index (χ2v) is 3.27. The smallest absolute Gasteiger partial charge is 0.0824 e. The van der Waals surface area contributed by atoms with E-state index in [-0.39, 0.29) is 0 Å². The number of hydrogen-bond acceptors (Lipinski definition) is 2. The van der Waals surface area contributed by atoms with Gasteiger partial charge in [-0.3, -0.25) is 0 Å².